The third-order valence-electron chi connectivity index (χ3n) is 2.22. The Labute approximate surface area is 101 Å². The molecule has 16 heavy (non-hydrogen) atoms. The fourth-order valence-corrected chi connectivity index (χ4v) is 2.67. The lowest BCUT2D eigenvalue weighted by molar-refractivity contribution is 0.472. The number of rotatable bonds is 6. The van der Waals surface area contributed by atoms with Gasteiger partial charge in [0.1, 0.15) is 0 Å². The number of alkyl halides is 1. The van der Waals surface area contributed by atoms with Gasteiger partial charge in [0.15, 0.2) is 0 Å². The first kappa shape index (κ1) is 13.4. The zero-order valence-corrected chi connectivity index (χ0v) is 10.7. The molecule has 0 aromatic carbocycles. The van der Waals surface area contributed by atoms with Gasteiger partial charge in [-0.2, -0.15) is 0 Å². The van der Waals surface area contributed by atoms with Gasteiger partial charge in [-0.15, -0.1) is 11.6 Å². The highest BCUT2D eigenvalue weighted by molar-refractivity contribution is 7.89. The number of halogens is 1. The van der Waals surface area contributed by atoms with Crippen LogP contribution in [0.3, 0.4) is 0 Å². The van der Waals surface area contributed by atoms with Crippen LogP contribution in [0.15, 0.2) is 24.4 Å². The number of sulfonamides is 1. The Morgan fingerprint density at radius 1 is 1.44 bits per heavy atom. The third kappa shape index (κ3) is 4.08. The number of aromatic nitrogens is 1. The van der Waals surface area contributed by atoms with Gasteiger partial charge in [0.05, 0.1) is 5.75 Å². The number of likely N-dealkylation sites (N-methyl/N-ethyl adjacent to an activating group) is 1. The van der Waals surface area contributed by atoms with Gasteiger partial charge >= 0.3 is 0 Å². The lowest BCUT2D eigenvalue weighted by atomic mass is 10.3. The quantitative estimate of drug-likeness (QED) is 0.722. The van der Waals surface area contributed by atoms with Crippen LogP contribution in [-0.4, -0.2) is 42.9 Å². The van der Waals surface area contributed by atoms with E-state index in [1.807, 2.05) is 18.2 Å². The SMILES string of the molecule is CN(CCc1ccccn1)S(=O)(=O)CCCl. The lowest BCUT2D eigenvalue weighted by Crippen LogP contribution is -2.31. The number of pyridine rings is 1. The van der Waals surface area contributed by atoms with Crippen molar-refractivity contribution < 1.29 is 8.42 Å². The summed E-state index contributed by atoms with van der Waals surface area (Å²) in [6, 6.07) is 5.59. The van der Waals surface area contributed by atoms with Gasteiger partial charge < -0.3 is 0 Å². The molecule has 4 nitrogen and oxygen atoms in total. The van der Waals surface area contributed by atoms with E-state index in [1.165, 1.54) is 4.31 Å². The van der Waals surface area contributed by atoms with Gasteiger partial charge in [0.2, 0.25) is 10.0 Å². The van der Waals surface area contributed by atoms with Crippen molar-refractivity contribution in [2.45, 2.75) is 6.42 Å². The Bertz CT molecular complexity index is 408. The fourth-order valence-electron chi connectivity index (χ4n) is 1.21. The molecule has 0 aliphatic heterocycles. The molecule has 0 fully saturated rings. The zero-order chi connectivity index (χ0) is 12.0. The van der Waals surface area contributed by atoms with E-state index >= 15 is 0 Å². The van der Waals surface area contributed by atoms with Gasteiger partial charge in [0, 0.05) is 37.8 Å². The molecule has 0 unspecified atom stereocenters. The molecule has 0 radical (unpaired) electrons. The molecule has 0 atom stereocenters. The number of hydrogen-bond acceptors (Lipinski definition) is 3. The molecule has 0 aliphatic carbocycles. The predicted octanol–water partition coefficient (Wildman–Crippen LogP) is 1.12. The van der Waals surface area contributed by atoms with Crippen molar-refractivity contribution in [2.24, 2.45) is 0 Å². The average Bonchev–Trinajstić information content (AvgIpc) is 2.27. The first-order valence-corrected chi connectivity index (χ1v) is 7.10. The lowest BCUT2D eigenvalue weighted by Gasteiger charge is -2.15. The van der Waals surface area contributed by atoms with Crippen LogP contribution in [0.4, 0.5) is 0 Å². The molecule has 1 aromatic rings. The van der Waals surface area contributed by atoms with E-state index in [1.54, 1.807) is 13.2 Å². The van der Waals surface area contributed by atoms with Crippen molar-refractivity contribution in [3.63, 3.8) is 0 Å². The molecule has 1 rings (SSSR count). The fraction of sp³-hybridized carbons (Fsp3) is 0.500. The van der Waals surface area contributed by atoms with Crippen molar-refractivity contribution in [3.8, 4) is 0 Å². The number of hydrogen-bond donors (Lipinski definition) is 0. The highest BCUT2D eigenvalue weighted by atomic mass is 35.5. The summed E-state index contributed by atoms with van der Waals surface area (Å²) >= 11 is 5.43. The summed E-state index contributed by atoms with van der Waals surface area (Å²) in [5.41, 5.74) is 0.885. The summed E-state index contributed by atoms with van der Waals surface area (Å²) in [4.78, 5) is 4.13. The topological polar surface area (TPSA) is 50.3 Å². The molecule has 6 heteroatoms. The van der Waals surface area contributed by atoms with Crippen LogP contribution in [-0.2, 0) is 16.4 Å². The Morgan fingerprint density at radius 2 is 2.19 bits per heavy atom. The van der Waals surface area contributed by atoms with Crippen LogP contribution in [0.1, 0.15) is 5.69 Å². The van der Waals surface area contributed by atoms with Gasteiger partial charge in [0.25, 0.3) is 0 Å². The second-order valence-electron chi connectivity index (χ2n) is 3.40. The van der Waals surface area contributed by atoms with E-state index in [2.05, 4.69) is 4.98 Å². The molecular formula is C10H15ClN2O2S. The van der Waals surface area contributed by atoms with E-state index in [9.17, 15) is 8.42 Å². The minimum atomic E-state index is -3.21. The second kappa shape index (κ2) is 6.18. The Hall–Kier alpha value is -0.650. The van der Waals surface area contributed by atoms with Gasteiger partial charge in [-0.3, -0.25) is 4.98 Å². The minimum Gasteiger partial charge on any atom is -0.261 e. The standard InChI is InChI=1S/C10H15ClN2O2S/c1-13(16(14,15)9-6-11)8-5-10-4-2-3-7-12-10/h2-4,7H,5-6,8-9H2,1H3. The summed E-state index contributed by atoms with van der Waals surface area (Å²) < 4.78 is 24.5. The van der Waals surface area contributed by atoms with Crippen LogP contribution in [0.5, 0.6) is 0 Å². The van der Waals surface area contributed by atoms with Crippen LogP contribution in [0.25, 0.3) is 0 Å². The average molecular weight is 263 g/mol. The molecule has 0 amide bonds. The van der Waals surface area contributed by atoms with Gasteiger partial charge in [-0.05, 0) is 12.1 Å². The normalized spacial score (nSPS) is 11.9. The van der Waals surface area contributed by atoms with Crippen molar-refractivity contribution in [2.75, 3.05) is 25.2 Å². The van der Waals surface area contributed by atoms with Crippen LogP contribution < -0.4 is 0 Å². The van der Waals surface area contributed by atoms with E-state index < -0.39 is 10.0 Å². The number of nitrogens with zero attached hydrogens (tertiary/aromatic N) is 2. The van der Waals surface area contributed by atoms with Crippen molar-refractivity contribution in [1.29, 1.82) is 0 Å². The summed E-state index contributed by atoms with van der Waals surface area (Å²) in [6.45, 7) is 0.427. The van der Waals surface area contributed by atoms with Crippen LogP contribution in [0, 0.1) is 0 Å². The second-order valence-corrected chi connectivity index (χ2v) is 5.97. The molecule has 1 aromatic heterocycles. The molecule has 0 saturated heterocycles. The molecule has 0 N–H and O–H groups in total. The summed E-state index contributed by atoms with van der Waals surface area (Å²) in [5, 5.41) is 0. The Morgan fingerprint density at radius 3 is 2.75 bits per heavy atom. The molecule has 0 aliphatic rings. The summed E-state index contributed by atoms with van der Waals surface area (Å²) in [7, 11) is -1.65. The zero-order valence-electron chi connectivity index (χ0n) is 9.13. The third-order valence-corrected chi connectivity index (χ3v) is 4.48. The maximum atomic E-state index is 11.6. The first-order valence-electron chi connectivity index (χ1n) is 4.96. The highest BCUT2D eigenvalue weighted by Gasteiger charge is 2.16. The first-order chi connectivity index (χ1) is 7.56. The van der Waals surface area contributed by atoms with Crippen molar-refractivity contribution >= 4 is 21.6 Å². The molecule has 0 spiro atoms. The Balaban J connectivity index is 2.50. The van der Waals surface area contributed by atoms with E-state index in [0.29, 0.717) is 13.0 Å². The molecular weight excluding hydrogens is 248 g/mol. The van der Waals surface area contributed by atoms with Gasteiger partial charge in [-0.25, -0.2) is 12.7 Å². The predicted molar refractivity (Wildman–Crippen MR) is 65.1 cm³/mol. The molecule has 0 bridgehead atoms. The summed E-state index contributed by atoms with van der Waals surface area (Å²) in [5.74, 6) is 0.101. The maximum Gasteiger partial charge on any atom is 0.215 e. The van der Waals surface area contributed by atoms with Crippen molar-refractivity contribution in [1.82, 2.24) is 9.29 Å². The van der Waals surface area contributed by atoms with E-state index in [0.717, 1.165) is 5.69 Å². The van der Waals surface area contributed by atoms with Crippen LogP contribution >= 0.6 is 11.6 Å². The maximum absolute atomic E-state index is 11.6. The Kier molecular flexibility index (Phi) is 5.18. The molecule has 1 heterocycles. The van der Waals surface area contributed by atoms with Gasteiger partial charge in [-0.1, -0.05) is 6.07 Å². The van der Waals surface area contributed by atoms with Crippen molar-refractivity contribution in [3.05, 3.63) is 30.1 Å². The minimum absolute atomic E-state index is 0.0206. The van der Waals surface area contributed by atoms with E-state index in [4.69, 9.17) is 11.6 Å². The van der Waals surface area contributed by atoms with E-state index in [-0.39, 0.29) is 11.6 Å². The molecule has 90 valence electrons. The largest absolute Gasteiger partial charge is 0.261 e. The monoisotopic (exact) mass is 262 g/mol. The van der Waals surface area contributed by atoms with Crippen LogP contribution in [0.2, 0.25) is 0 Å². The summed E-state index contributed by atoms with van der Waals surface area (Å²) in [6.07, 6.45) is 2.31. The molecule has 0 saturated carbocycles. The highest BCUT2D eigenvalue weighted by Crippen LogP contribution is 2.02. The smallest absolute Gasteiger partial charge is 0.215 e.